The number of hydrogen-bond donors (Lipinski definition) is 0. The molecular formula is C60H40N2O. The molecule has 0 saturated heterocycles. The summed E-state index contributed by atoms with van der Waals surface area (Å²) in [5.74, 6) is 0. The molecule has 0 aliphatic carbocycles. The molecule has 63 heavy (non-hydrogen) atoms. The van der Waals surface area contributed by atoms with E-state index in [0.29, 0.717) is 0 Å². The predicted octanol–water partition coefficient (Wildman–Crippen LogP) is 16.8. The van der Waals surface area contributed by atoms with Gasteiger partial charge in [-0.1, -0.05) is 182 Å². The molecule has 0 N–H and O–H groups in total. The van der Waals surface area contributed by atoms with Crippen molar-refractivity contribution in [3.63, 3.8) is 0 Å². The fourth-order valence-corrected chi connectivity index (χ4v) is 9.60. The molecule has 12 aromatic rings. The Labute approximate surface area is 366 Å². The van der Waals surface area contributed by atoms with Gasteiger partial charge in [0, 0.05) is 49.7 Å². The van der Waals surface area contributed by atoms with E-state index in [9.17, 15) is 0 Å². The standard InChI is InChI=1S/C60H40N2O/c1-3-18-41(19-4-1)46-22-7-8-23-48(46)49-24-9-10-25-50(49)51-26-11-14-31-56(51)61(45-38-39-59-55(40-45)53-28-13-16-33-58(53)63-59)44-36-34-42(35-37-44)47-29-17-30-54-52-27-12-15-32-57(52)62(60(47)54)43-20-5-2-6-21-43/h1-40H. The monoisotopic (exact) mass is 804 g/mol. The van der Waals surface area contributed by atoms with Crippen LogP contribution in [-0.4, -0.2) is 4.57 Å². The Kier molecular flexibility index (Phi) is 8.83. The highest BCUT2D eigenvalue weighted by Crippen LogP contribution is 2.47. The zero-order valence-electron chi connectivity index (χ0n) is 34.4. The zero-order valence-corrected chi connectivity index (χ0v) is 34.4. The number of fused-ring (bicyclic) bond motifs is 6. The van der Waals surface area contributed by atoms with Crippen molar-refractivity contribution in [2.75, 3.05) is 4.90 Å². The first-order valence-corrected chi connectivity index (χ1v) is 21.5. The van der Waals surface area contributed by atoms with Crippen molar-refractivity contribution < 1.29 is 4.42 Å². The number of furan rings is 1. The van der Waals surface area contributed by atoms with Crippen LogP contribution in [0.2, 0.25) is 0 Å². The van der Waals surface area contributed by atoms with Crippen molar-refractivity contribution in [1.82, 2.24) is 4.57 Å². The Morgan fingerprint density at radius 1 is 0.317 bits per heavy atom. The van der Waals surface area contributed by atoms with Crippen molar-refractivity contribution in [2.24, 2.45) is 0 Å². The minimum Gasteiger partial charge on any atom is -0.456 e. The molecule has 0 saturated carbocycles. The molecule has 0 aliphatic rings. The SMILES string of the molecule is c1ccc(-c2ccccc2-c2ccccc2-c2ccccc2N(c2ccc(-c3cccc4c5ccccc5n(-c5ccccc5)c34)cc2)c2ccc3oc4ccccc4c3c2)cc1. The molecule has 0 amide bonds. The number of hydrogen-bond acceptors (Lipinski definition) is 2. The molecule has 3 nitrogen and oxygen atoms in total. The van der Waals surface area contributed by atoms with Crippen LogP contribution in [0.4, 0.5) is 17.1 Å². The van der Waals surface area contributed by atoms with Gasteiger partial charge in [-0.3, -0.25) is 0 Å². The first-order valence-electron chi connectivity index (χ1n) is 21.5. The Morgan fingerprint density at radius 3 is 1.62 bits per heavy atom. The van der Waals surface area contributed by atoms with Crippen LogP contribution in [0.1, 0.15) is 0 Å². The van der Waals surface area contributed by atoms with Gasteiger partial charge < -0.3 is 13.9 Å². The van der Waals surface area contributed by atoms with Crippen LogP contribution < -0.4 is 4.90 Å². The molecule has 0 unspecified atom stereocenters. The van der Waals surface area contributed by atoms with Gasteiger partial charge in [-0.2, -0.15) is 0 Å². The molecule has 0 fully saturated rings. The van der Waals surface area contributed by atoms with Gasteiger partial charge in [0.25, 0.3) is 0 Å². The summed E-state index contributed by atoms with van der Waals surface area (Å²) in [6, 6.07) is 87.2. The maximum absolute atomic E-state index is 6.35. The fraction of sp³-hybridized carbons (Fsp3) is 0. The molecule has 296 valence electrons. The smallest absolute Gasteiger partial charge is 0.135 e. The van der Waals surface area contributed by atoms with Gasteiger partial charge in [-0.15, -0.1) is 0 Å². The summed E-state index contributed by atoms with van der Waals surface area (Å²) < 4.78 is 8.76. The van der Waals surface area contributed by atoms with Gasteiger partial charge in [0.2, 0.25) is 0 Å². The van der Waals surface area contributed by atoms with E-state index in [0.717, 1.165) is 61.4 Å². The molecule has 0 bridgehead atoms. The number of anilines is 3. The summed E-state index contributed by atoms with van der Waals surface area (Å²) in [5.41, 5.74) is 17.9. The van der Waals surface area contributed by atoms with Crippen LogP contribution in [0.3, 0.4) is 0 Å². The molecule has 10 aromatic carbocycles. The largest absolute Gasteiger partial charge is 0.456 e. The highest BCUT2D eigenvalue weighted by Gasteiger charge is 2.22. The van der Waals surface area contributed by atoms with Gasteiger partial charge >= 0.3 is 0 Å². The van der Waals surface area contributed by atoms with E-state index in [2.05, 4.69) is 240 Å². The second kappa shape index (κ2) is 15.3. The first kappa shape index (κ1) is 36.5. The average molecular weight is 805 g/mol. The summed E-state index contributed by atoms with van der Waals surface area (Å²) in [5, 5.41) is 4.66. The van der Waals surface area contributed by atoms with Crippen LogP contribution >= 0.6 is 0 Å². The van der Waals surface area contributed by atoms with Gasteiger partial charge in [0.05, 0.1) is 16.7 Å². The van der Waals surface area contributed by atoms with Crippen LogP contribution in [0.15, 0.2) is 247 Å². The quantitative estimate of drug-likeness (QED) is 0.153. The topological polar surface area (TPSA) is 21.3 Å². The van der Waals surface area contributed by atoms with Gasteiger partial charge in [-0.25, -0.2) is 0 Å². The van der Waals surface area contributed by atoms with Crippen molar-refractivity contribution >= 4 is 60.8 Å². The molecule has 12 rings (SSSR count). The summed E-state index contributed by atoms with van der Waals surface area (Å²) in [4.78, 5) is 2.40. The predicted molar refractivity (Wildman–Crippen MR) is 264 cm³/mol. The van der Waals surface area contributed by atoms with Gasteiger partial charge in [-0.05, 0) is 94.0 Å². The Balaban J connectivity index is 1.05. The summed E-state index contributed by atoms with van der Waals surface area (Å²) in [6.07, 6.45) is 0. The maximum atomic E-state index is 6.35. The molecular weight excluding hydrogens is 765 g/mol. The van der Waals surface area contributed by atoms with E-state index in [-0.39, 0.29) is 0 Å². The zero-order chi connectivity index (χ0) is 41.7. The van der Waals surface area contributed by atoms with Crippen molar-refractivity contribution in [3.8, 4) is 50.2 Å². The average Bonchev–Trinajstić information content (AvgIpc) is 3.91. The second-order valence-corrected chi connectivity index (χ2v) is 16.0. The summed E-state index contributed by atoms with van der Waals surface area (Å²) in [7, 11) is 0. The van der Waals surface area contributed by atoms with Crippen LogP contribution in [0, 0.1) is 0 Å². The van der Waals surface area contributed by atoms with Crippen molar-refractivity contribution in [1.29, 1.82) is 0 Å². The minimum absolute atomic E-state index is 0.869. The number of aromatic nitrogens is 1. The lowest BCUT2D eigenvalue weighted by atomic mass is 9.88. The van der Waals surface area contributed by atoms with Crippen molar-refractivity contribution in [3.05, 3.63) is 243 Å². The van der Waals surface area contributed by atoms with Gasteiger partial charge in [0.1, 0.15) is 11.2 Å². The number of rotatable bonds is 8. The lowest BCUT2D eigenvalue weighted by molar-refractivity contribution is 0.669. The third kappa shape index (κ3) is 6.21. The third-order valence-electron chi connectivity index (χ3n) is 12.4. The fourth-order valence-electron chi connectivity index (χ4n) is 9.60. The number of benzene rings is 10. The Hall–Kier alpha value is -8.40. The highest BCUT2D eigenvalue weighted by molar-refractivity contribution is 6.14. The molecule has 0 radical (unpaired) electrons. The summed E-state index contributed by atoms with van der Waals surface area (Å²) >= 11 is 0. The van der Waals surface area contributed by atoms with E-state index < -0.39 is 0 Å². The molecule has 2 aromatic heterocycles. The molecule has 0 aliphatic heterocycles. The van der Waals surface area contributed by atoms with Gasteiger partial charge in [0.15, 0.2) is 0 Å². The van der Waals surface area contributed by atoms with E-state index >= 15 is 0 Å². The van der Waals surface area contributed by atoms with Crippen LogP contribution in [0.25, 0.3) is 93.9 Å². The van der Waals surface area contributed by atoms with E-state index in [1.165, 1.54) is 49.6 Å². The van der Waals surface area contributed by atoms with E-state index in [1.54, 1.807) is 0 Å². The van der Waals surface area contributed by atoms with Crippen LogP contribution in [-0.2, 0) is 0 Å². The third-order valence-corrected chi connectivity index (χ3v) is 12.4. The molecule has 3 heteroatoms. The highest BCUT2D eigenvalue weighted by atomic mass is 16.3. The first-order chi connectivity index (χ1) is 31.3. The number of nitrogens with zero attached hydrogens (tertiary/aromatic N) is 2. The minimum atomic E-state index is 0.869. The number of para-hydroxylation sites is 5. The second-order valence-electron chi connectivity index (χ2n) is 16.0. The maximum Gasteiger partial charge on any atom is 0.135 e. The summed E-state index contributed by atoms with van der Waals surface area (Å²) in [6.45, 7) is 0. The van der Waals surface area contributed by atoms with E-state index in [4.69, 9.17) is 4.42 Å². The lowest BCUT2D eigenvalue weighted by Crippen LogP contribution is -2.11. The van der Waals surface area contributed by atoms with Crippen LogP contribution in [0.5, 0.6) is 0 Å². The van der Waals surface area contributed by atoms with Crippen molar-refractivity contribution in [2.45, 2.75) is 0 Å². The normalized spacial score (nSPS) is 11.5. The lowest BCUT2D eigenvalue weighted by Gasteiger charge is -2.29. The Morgan fingerprint density at radius 2 is 0.841 bits per heavy atom. The molecule has 0 spiro atoms. The Bertz CT molecular complexity index is 3620. The molecule has 0 atom stereocenters. The van der Waals surface area contributed by atoms with E-state index in [1.807, 2.05) is 12.1 Å². The molecule has 2 heterocycles.